The number of hydrogen-bond donors (Lipinski definition) is 3. The number of aliphatic hydroxyl groups excluding tert-OH is 2. The van der Waals surface area contributed by atoms with Crippen molar-refractivity contribution < 1.29 is 33.9 Å². The maximum atomic E-state index is 13.2. The second kappa shape index (κ2) is 12.5. The summed E-state index contributed by atoms with van der Waals surface area (Å²) in [5.41, 5.74) is 0. The number of hydrogen-bond acceptors (Lipinski definition) is 6. The van der Waals surface area contributed by atoms with E-state index in [0.717, 1.165) is 0 Å². The van der Waals surface area contributed by atoms with Crippen LogP contribution in [-0.2, 0) is 18.6 Å². The fourth-order valence-corrected chi connectivity index (χ4v) is 4.35. The fraction of sp³-hybridized carbons (Fsp3) is 0.381. The highest BCUT2D eigenvalue weighted by Crippen LogP contribution is 2.45. The van der Waals surface area contributed by atoms with Crippen LogP contribution in [0, 0.1) is 0 Å². The van der Waals surface area contributed by atoms with Crippen LogP contribution >= 0.6 is 7.37 Å². The minimum Gasteiger partial charge on any atom is -0.479 e. The number of carboxylic acid groups (broad SMARTS) is 1. The maximum absolute atomic E-state index is 13.2. The number of benzene rings is 2. The van der Waals surface area contributed by atoms with Gasteiger partial charge in [0.2, 0.25) is 0 Å². The topological polar surface area (TPSA) is 113 Å². The molecule has 0 amide bonds. The summed E-state index contributed by atoms with van der Waals surface area (Å²) >= 11 is 0. The highest BCUT2D eigenvalue weighted by molar-refractivity contribution is 7.74. The first kappa shape index (κ1) is 25.0. The van der Waals surface area contributed by atoms with Crippen LogP contribution < -0.4 is 10.6 Å². The van der Waals surface area contributed by atoms with Crippen molar-refractivity contribution in [1.82, 2.24) is 0 Å². The predicted molar refractivity (Wildman–Crippen MR) is 112 cm³/mol. The third kappa shape index (κ3) is 8.48. The summed E-state index contributed by atoms with van der Waals surface area (Å²) in [5, 5.41) is 27.1. The van der Waals surface area contributed by atoms with Gasteiger partial charge in [0.1, 0.15) is 0 Å². The van der Waals surface area contributed by atoms with Crippen molar-refractivity contribution in [2.45, 2.75) is 39.1 Å². The van der Waals surface area contributed by atoms with Crippen LogP contribution in [0.1, 0.15) is 20.8 Å². The monoisotopic (exact) mass is 424 g/mol. The van der Waals surface area contributed by atoms with Crippen molar-refractivity contribution in [1.29, 1.82) is 0 Å². The molecule has 2 aromatic rings. The summed E-state index contributed by atoms with van der Waals surface area (Å²) in [7, 11) is -3.41. The van der Waals surface area contributed by atoms with Gasteiger partial charge in [-0.25, -0.2) is 4.79 Å². The molecule has 0 saturated heterocycles. The summed E-state index contributed by atoms with van der Waals surface area (Å²) in [6.07, 6.45) is -1.76. The van der Waals surface area contributed by atoms with E-state index >= 15 is 0 Å². The second-order valence-electron chi connectivity index (χ2n) is 6.48. The molecule has 3 atom stereocenters. The van der Waals surface area contributed by atoms with E-state index in [0.29, 0.717) is 17.2 Å². The zero-order valence-electron chi connectivity index (χ0n) is 16.8. The number of carboxylic acids is 1. The first-order valence-corrected chi connectivity index (χ1v) is 10.9. The third-order valence-corrected chi connectivity index (χ3v) is 6.29. The molecule has 0 heterocycles. The fourth-order valence-electron chi connectivity index (χ4n) is 2.14. The van der Waals surface area contributed by atoms with Gasteiger partial charge in [0.05, 0.1) is 25.4 Å². The average Bonchev–Trinajstić information content (AvgIpc) is 2.73. The van der Waals surface area contributed by atoms with Crippen molar-refractivity contribution in [2.75, 3.05) is 13.2 Å². The lowest BCUT2D eigenvalue weighted by molar-refractivity contribution is -0.144. The van der Waals surface area contributed by atoms with Gasteiger partial charge in [-0.15, -0.1) is 0 Å². The highest BCUT2D eigenvalue weighted by Gasteiger charge is 2.32. The van der Waals surface area contributed by atoms with Crippen LogP contribution in [0.15, 0.2) is 60.7 Å². The van der Waals surface area contributed by atoms with Gasteiger partial charge in [-0.05, 0) is 45.0 Å². The van der Waals surface area contributed by atoms with Crippen LogP contribution in [0.3, 0.4) is 0 Å². The van der Waals surface area contributed by atoms with Gasteiger partial charge in [0, 0.05) is 10.6 Å². The Labute approximate surface area is 171 Å². The zero-order valence-corrected chi connectivity index (χ0v) is 17.7. The zero-order chi connectivity index (χ0) is 21.9. The molecule has 2 aromatic carbocycles. The second-order valence-corrected chi connectivity index (χ2v) is 8.83. The lowest BCUT2D eigenvalue weighted by Crippen LogP contribution is -2.26. The van der Waals surface area contributed by atoms with Gasteiger partial charge >= 0.3 is 5.97 Å². The molecule has 8 heteroatoms. The van der Waals surface area contributed by atoms with Gasteiger partial charge in [-0.2, -0.15) is 0 Å². The number of aliphatic hydroxyl groups is 2. The van der Waals surface area contributed by atoms with Gasteiger partial charge in [-0.1, -0.05) is 36.4 Å². The molecular weight excluding hydrogens is 395 g/mol. The van der Waals surface area contributed by atoms with E-state index < -0.39 is 25.5 Å². The van der Waals surface area contributed by atoms with Crippen LogP contribution in [0.4, 0.5) is 0 Å². The first-order valence-electron chi connectivity index (χ1n) is 9.23. The third-order valence-electron chi connectivity index (χ3n) is 3.73. The molecule has 0 saturated carbocycles. The Balaban J connectivity index is 0.000000396. The Bertz CT molecular complexity index is 722. The molecule has 0 aliphatic heterocycles. The Kier molecular flexibility index (Phi) is 10.8. The summed E-state index contributed by atoms with van der Waals surface area (Å²) in [6, 6.07) is 17.3. The van der Waals surface area contributed by atoms with E-state index in [1.54, 1.807) is 74.5 Å². The van der Waals surface area contributed by atoms with Crippen LogP contribution in [0.5, 0.6) is 0 Å². The van der Waals surface area contributed by atoms with Crippen molar-refractivity contribution in [2.24, 2.45) is 0 Å². The SMILES string of the molecule is CC(O)COC(C)CO.CC(OP(=O)(c1ccccc1)c1ccccc1)C(=O)O. The number of ether oxygens (including phenoxy) is 1. The molecule has 0 aliphatic rings. The molecule has 0 aliphatic carbocycles. The van der Waals surface area contributed by atoms with Crippen molar-refractivity contribution in [3.05, 3.63) is 60.7 Å². The molecule has 29 heavy (non-hydrogen) atoms. The van der Waals surface area contributed by atoms with E-state index in [2.05, 4.69) is 0 Å². The first-order chi connectivity index (χ1) is 13.7. The van der Waals surface area contributed by atoms with Crippen molar-refractivity contribution >= 4 is 23.9 Å². The smallest absolute Gasteiger partial charge is 0.333 e. The average molecular weight is 424 g/mol. The summed E-state index contributed by atoms with van der Waals surface area (Å²) in [4.78, 5) is 11.0. The molecule has 7 nitrogen and oxygen atoms in total. The van der Waals surface area contributed by atoms with Crippen molar-refractivity contribution in [3.63, 3.8) is 0 Å². The largest absolute Gasteiger partial charge is 0.479 e. The van der Waals surface area contributed by atoms with Gasteiger partial charge in [0.25, 0.3) is 7.37 Å². The normalized spacial score (nSPS) is 14.2. The van der Waals surface area contributed by atoms with Gasteiger partial charge in [0.15, 0.2) is 6.10 Å². The van der Waals surface area contributed by atoms with E-state index in [9.17, 15) is 9.36 Å². The van der Waals surface area contributed by atoms with Crippen LogP contribution in [0.25, 0.3) is 0 Å². The number of carbonyl (C=O) groups is 1. The van der Waals surface area contributed by atoms with Crippen LogP contribution in [0.2, 0.25) is 0 Å². The standard InChI is InChI=1S/C15H15O4P.C6H14O3/c1-12(15(16)17)19-20(18,13-8-4-2-5-9-13)14-10-6-3-7-11-14;1-5(8)4-9-6(2)3-7/h2-12H,1H3,(H,16,17);5-8H,3-4H2,1-2H3. The number of aliphatic carboxylic acids is 1. The van der Waals surface area contributed by atoms with Crippen molar-refractivity contribution in [3.8, 4) is 0 Å². The molecule has 0 aromatic heterocycles. The Morgan fingerprint density at radius 3 is 1.76 bits per heavy atom. The summed E-state index contributed by atoms with van der Waals surface area (Å²) in [5.74, 6) is -1.14. The maximum Gasteiger partial charge on any atom is 0.333 e. The number of rotatable bonds is 9. The minimum absolute atomic E-state index is 0.00667. The Hall–Kier alpha value is -2.02. The quantitative estimate of drug-likeness (QED) is 0.529. The van der Waals surface area contributed by atoms with E-state index in [1.165, 1.54) is 6.92 Å². The molecule has 2 rings (SSSR count). The molecule has 0 radical (unpaired) electrons. The predicted octanol–water partition coefficient (Wildman–Crippen LogP) is 2.17. The highest BCUT2D eigenvalue weighted by atomic mass is 31.2. The summed E-state index contributed by atoms with van der Waals surface area (Å²) < 4.78 is 23.6. The molecule has 0 fully saturated rings. The van der Waals surface area contributed by atoms with E-state index in [4.69, 9.17) is 24.6 Å². The minimum atomic E-state index is -3.41. The van der Waals surface area contributed by atoms with Crippen LogP contribution in [-0.4, -0.2) is 52.8 Å². The van der Waals surface area contributed by atoms with Gasteiger partial charge < -0.3 is 24.6 Å². The lowest BCUT2D eigenvalue weighted by atomic mass is 10.4. The van der Waals surface area contributed by atoms with E-state index in [1.807, 2.05) is 0 Å². The molecule has 3 N–H and O–H groups in total. The molecule has 3 unspecified atom stereocenters. The van der Waals surface area contributed by atoms with E-state index in [-0.39, 0.29) is 12.7 Å². The molecule has 0 bridgehead atoms. The lowest BCUT2D eigenvalue weighted by Gasteiger charge is -2.21. The molecular formula is C21H29O7P. The summed E-state index contributed by atoms with van der Waals surface area (Å²) in [6.45, 7) is 5.07. The Morgan fingerprint density at radius 1 is 0.966 bits per heavy atom. The molecule has 160 valence electrons. The van der Waals surface area contributed by atoms with Gasteiger partial charge in [-0.3, -0.25) is 4.57 Å². The molecule has 0 spiro atoms. The Morgan fingerprint density at radius 2 is 1.41 bits per heavy atom.